The molecule has 152 valence electrons. The molecule has 0 spiro atoms. The number of phenolic OH excluding ortho intramolecular Hbond substituents is 2. The standard InChI is InChI=1S/C19H22O7S2/c1-23-17-11-13(3-5-15(17)20)27-9-7-25-19(22)26-8-10-28-14-4-6-16(21)18(12-14)24-2/h3-6,11-12,20-21H,7-10H2,1-2H3. The lowest BCUT2D eigenvalue weighted by molar-refractivity contribution is 0.0645. The Morgan fingerprint density at radius 3 is 1.64 bits per heavy atom. The molecule has 2 rings (SSSR count). The Kier molecular flexibility index (Phi) is 8.96. The largest absolute Gasteiger partial charge is 0.508 e. The highest BCUT2D eigenvalue weighted by molar-refractivity contribution is 7.99. The van der Waals surface area contributed by atoms with Crippen molar-refractivity contribution in [3.63, 3.8) is 0 Å². The molecule has 0 fully saturated rings. The maximum Gasteiger partial charge on any atom is 0.508 e. The normalized spacial score (nSPS) is 10.4. The Morgan fingerprint density at radius 2 is 1.25 bits per heavy atom. The van der Waals surface area contributed by atoms with Gasteiger partial charge in [0.2, 0.25) is 0 Å². The van der Waals surface area contributed by atoms with Crippen LogP contribution in [0.25, 0.3) is 0 Å². The summed E-state index contributed by atoms with van der Waals surface area (Å²) in [6.07, 6.45) is -0.715. The molecule has 9 heteroatoms. The molecule has 0 unspecified atom stereocenters. The molecule has 0 aliphatic carbocycles. The number of phenols is 2. The first-order chi connectivity index (χ1) is 13.5. The van der Waals surface area contributed by atoms with Gasteiger partial charge in [-0.25, -0.2) is 4.79 Å². The molecule has 0 bridgehead atoms. The van der Waals surface area contributed by atoms with E-state index in [1.54, 1.807) is 36.4 Å². The number of carbonyl (C=O) groups is 1. The first-order valence-electron chi connectivity index (χ1n) is 8.32. The third-order valence-electron chi connectivity index (χ3n) is 3.45. The van der Waals surface area contributed by atoms with E-state index in [0.717, 1.165) is 9.79 Å². The Hall–Kier alpha value is -2.39. The van der Waals surface area contributed by atoms with E-state index in [1.807, 2.05) is 0 Å². The number of benzene rings is 2. The average Bonchev–Trinajstić information content (AvgIpc) is 2.70. The molecule has 2 aromatic carbocycles. The Bertz CT molecular complexity index is 719. The third kappa shape index (κ3) is 6.97. The van der Waals surface area contributed by atoms with Gasteiger partial charge in [-0.05, 0) is 36.4 Å². The van der Waals surface area contributed by atoms with Crippen LogP contribution in [-0.4, -0.2) is 55.3 Å². The number of carbonyl (C=O) groups excluding carboxylic acids is 1. The molecule has 0 aliphatic heterocycles. The van der Waals surface area contributed by atoms with E-state index >= 15 is 0 Å². The second-order valence-electron chi connectivity index (χ2n) is 5.31. The maximum atomic E-state index is 11.6. The molecule has 0 aliphatic rings. The lowest BCUT2D eigenvalue weighted by Gasteiger charge is -2.08. The number of rotatable bonds is 10. The minimum absolute atomic E-state index is 0.0790. The number of ether oxygens (including phenoxy) is 4. The van der Waals surface area contributed by atoms with Crippen LogP contribution in [0.2, 0.25) is 0 Å². The highest BCUT2D eigenvalue weighted by Gasteiger charge is 2.07. The molecule has 0 atom stereocenters. The van der Waals surface area contributed by atoms with Gasteiger partial charge in [0.1, 0.15) is 13.2 Å². The number of methoxy groups -OCH3 is 2. The number of hydrogen-bond donors (Lipinski definition) is 2. The minimum Gasteiger partial charge on any atom is -0.504 e. The second-order valence-corrected chi connectivity index (χ2v) is 7.65. The summed E-state index contributed by atoms with van der Waals surface area (Å²) < 4.78 is 20.1. The van der Waals surface area contributed by atoms with Crippen LogP contribution in [0.5, 0.6) is 23.0 Å². The van der Waals surface area contributed by atoms with Crippen molar-refractivity contribution in [1.29, 1.82) is 0 Å². The van der Waals surface area contributed by atoms with E-state index in [1.165, 1.54) is 37.7 Å². The van der Waals surface area contributed by atoms with Gasteiger partial charge in [-0.3, -0.25) is 0 Å². The fourth-order valence-corrected chi connectivity index (χ4v) is 3.62. The van der Waals surface area contributed by atoms with E-state index in [-0.39, 0.29) is 24.7 Å². The van der Waals surface area contributed by atoms with Crippen molar-refractivity contribution in [2.75, 3.05) is 38.9 Å². The SMILES string of the molecule is COc1cc(SCCOC(=O)OCCSc2ccc(O)c(OC)c2)ccc1O. The van der Waals surface area contributed by atoms with Crippen molar-refractivity contribution in [2.45, 2.75) is 9.79 Å². The van der Waals surface area contributed by atoms with Crippen molar-refractivity contribution in [3.05, 3.63) is 36.4 Å². The minimum atomic E-state index is -0.715. The van der Waals surface area contributed by atoms with Gasteiger partial charge in [0.15, 0.2) is 23.0 Å². The average molecular weight is 427 g/mol. The van der Waals surface area contributed by atoms with Crippen molar-refractivity contribution >= 4 is 29.7 Å². The molecule has 0 radical (unpaired) electrons. The predicted molar refractivity (Wildman–Crippen MR) is 108 cm³/mol. The predicted octanol–water partition coefficient (Wildman–Crippen LogP) is 4.15. The van der Waals surface area contributed by atoms with Gasteiger partial charge in [-0.15, -0.1) is 23.5 Å². The molecular weight excluding hydrogens is 404 g/mol. The summed E-state index contributed by atoms with van der Waals surface area (Å²) in [4.78, 5) is 13.4. The van der Waals surface area contributed by atoms with Gasteiger partial charge in [-0.1, -0.05) is 0 Å². The molecule has 0 heterocycles. The third-order valence-corrected chi connectivity index (χ3v) is 5.36. The molecule has 28 heavy (non-hydrogen) atoms. The van der Waals surface area contributed by atoms with Gasteiger partial charge in [0.25, 0.3) is 0 Å². The first kappa shape index (κ1) is 21.9. The highest BCUT2D eigenvalue weighted by Crippen LogP contribution is 2.31. The fraction of sp³-hybridized carbons (Fsp3) is 0.316. The molecule has 7 nitrogen and oxygen atoms in total. The van der Waals surface area contributed by atoms with Gasteiger partial charge < -0.3 is 29.2 Å². The Balaban J connectivity index is 1.60. The second kappa shape index (κ2) is 11.5. The zero-order valence-electron chi connectivity index (χ0n) is 15.5. The van der Waals surface area contributed by atoms with Crippen molar-refractivity contribution < 1.29 is 34.0 Å². The van der Waals surface area contributed by atoms with Crippen LogP contribution < -0.4 is 9.47 Å². The molecule has 2 N–H and O–H groups in total. The summed E-state index contributed by atoms with van der Waals surface area (Å²) in [6, 6.07) is 10.1. The summed E-state index contributed by atoms with van der Waals surface area (Å²) in [5.41, 5.74) is 0. The summed E-state index contributed by atoms with van der Waals surface area (Å²) in [7, 11) is 2.97. The summed E-state index contributed by atoms with van der Waals surface area (Å²) >= 11 is 2.94. The molecular formula is C19H22O7S2. The van der Waals surface area contributed by atoms with Crippen LogP contribution in [-0.2, 0) is 9.47 Å². The van der Waals surface area contributed by atoms with Gasteiger partial charge in [0, 0.05) is 21.3 Å². The Morgan fingerprint density at radius 1 is 0.821 bits per heavy atom. The lowest BCUT2D eigenvalue weighted by Crippen LogP contribution is -2.11. The van der Waals surface area contributed by atoms with Crippen LogP contribution in [0.1, 0.15) is 0 Å². The molecule has 2 aromatic rings. The van der Waals surface area contributed by atoms with E-state index in [0.29, 0.717) is 23.0 Å². The van der Waals surface area contributed by atoms with Crippen molar-refractivity contribution in [1.82, 2.24) is 0 Å². The van der Waals surface area contributed by atoms with Crippen molar-refractivity contribution in [3.8, 4) is 23.0 Å². The smallest absolute Gasteiger partial charge is 0.504 e. The number of thioether (sulfide) groups is 2. The lowest BCUT2D eigenvalue weighted by atomic mass is 10.3. The maximum absolute atomic E-state index is 11.6. The van der Waals surface area contributed by atoms with Gasteiger partial charge >= 0.3 is 6.16 Å². The summed E-state index contributed by atoms with van der Waals surface area (Å²) in [5, 5.41) is 19.1. The molecule has 0 amide bonds. The monoisotopic (exact) mass is 426 g/mol. The van der Waals surface area contributed by atoms with Crippen LogP contribution in [0.4, 0.5) is 4.79 Å². The van der Waals surface area contributed by atoms with Gasteiger partial charge in [-0.2, -0.15) is 0 Å². The van der Waals surface area contributed by atoms with E-state index < -0.39 is 6.16 Å². The number of aromatic hydroxyl groups is 2. The molecule has 0 aromatic heterocycles. The first-order valence-corrected chi connectivity index (χ1v) is 10.3. The zero-order valence-corrected chi connectivity index (χ0v) is 17.2. The van der Waals surface area contributed by atoms with E-state index in [2.05, 4.69) is 0 Å². The van der Waals surface area contributed by atoms with Crippen LogP contribution in [0.15, 0.2) is 46.2 Å². The van der Waals surface area contributed by atoms with Gasteiger partial charge in [0.05, 0.1) is 14.2 Å². The Labute approximate surface area is 171 Å². The molecule has 0 saturated heterocycles. The summed E-state index contributed by atoms with van der Waals surface area (Å²) in [5.74, 6) is 2.05. The zero-order chi connectivity index (χ0) is 20.4. The van der Waals surface area contributed by atoms with Crippen LogP contribution >= 0.6 is 23.5 Å². The number of hydrogen-bond acceptors (Lipinski definition) is 9. The van der Waals surface area contributed by atoms with Crippen LogP contribution in [0, 0.1) is 0 Å². The van der Waals surface area contributed by atoms with E-state index in [4.69, 9.17) is 18.9 Å². The van der Waals surface area contributed by atoms with Crippen LogP contribution in [0.3, 0.4) is 0 Å². The molecule has 0 saturated carbocycles. The topological polar surface area (TPSA) is 94.5 Å². The fourth-order valence-electron chi connectivity index (χ4n) is 2.11. The van der Waals surface area contributed by atoms with E-state index in [9.17, 15) is 15.0 Å². The highest BCUT2D eigenvalue weighted by atomic mass is 32.2. The summed E-state index contributed by atoms with van der Waals surface area (Å²) in [6.45, 7) is 0.407. The quantitative estimate of drug-likeness (QED) is 0.330. The van der Waals surface area contributed by atoms with Crippen molar-refractivity contribution in [2.24, 2.45) is 0 Å².